The normalized spacial score (nSPS) is 10.2. The van der Waals surface area contributed by atoms with Crippen LogP contribution in [0.4, 0.5) is 5.69 Å². The van der Waals surface area contributed by atoms with E-state index in [4.69, 9.17) is 23.2 Å². The van der Waals surface area contributed by atoms with Crippen molar-refractivity contribution >= 4 is 40.7 Å². The zero-order valence-electron chi connectivity index (χ0n) is 12.5. The predicted molar refractivity (Wildman–Crippen MR) is 93.2 cm³/mol. The van der Waals surface area contributed by atoms with E-state index in [1.807, 2.05) is 24.3 Å². The van der Waals surface area contributed by atoms with Crippen molar-refractivity contribution in [1.29, 1.82) is 0 Å². The summed E-state index contributed by atoms with van der Waals surface area (Å²) in [4.78, 5) is 23.8. The maximum Gasteiger partial charge on any atom is 0.251 e. The molecule has 0 aliphatic carbocycles. The highest BCUT2D eigenvalue weighted by molar-refractivity contribution is 6.42. The maximum atomic E-state index is 12.0. The summed E-state index contributed by atoms with van der Waals surface area (Å²) in [6, 6.07) is 12.1. The molecule has 6 heteroatoms. The van der Waals surface area contributed by atoms with Gasteiger partial charge in [0.2, 0.25) is 5.91 Å². The lowest BCUT2D eigenvalue weighted by Gasteiger charge is -2.08. The van der Waals surface area contributed by atoms with Crippen LogP contribution in [0.1, 0.15) is 22.8 Å². The van der Waals surface area contributed by atoms with Crippen LogP contribution in [0.3, 0.4) is 0 Å². The molecule has 2 rings (SSSR count). The number of carbonyl (C=O) groups is 2. The molecular formula is C17H16Cl2N2O2. The maximum absolute atomic E-state index is 12.0. The Morgan fingerprint density at radius 1 is 1.00 bits per heavy atom. The van der Waals surface area contributed by atoms with E-state index in [1.54, 1.807) is 6.07 Å². The topological polar surface area (TPSA) is 58.2 Å². The molecule has 120 valence electrons. The molecule has 0 aliphatic rings. The largest absolute Gasteiger partial charge is 0.343 e. The molecular weight excluding hydrogens is 335 g/mol. The number of hydrogen-bond donors (Lipinski definition) is 2. The first-order valence-corrected chi connectivity index (χ1v) is 7.87. The Hall–Kier alpha value is -2.04. The number of hydrogen-bond acceptors (Lipinski definition) is 2. The Labute approximate surface area is 144 Å². The van der Waals surface area contributed by atoms with E-state index >= 15 is 0 Å². The van der Waals surface area contributed by atoms with Crippen LogP contribution in [0.15, 0.2) is 42.5 Å². The van der Waals surface area contributed by atoms with E-state index in [0.717, 1.165) is 6.42 Å². The van der Waals surface area contributed by atoms with Gasteiger partial charge in [-0.1, -0.05) is 42.3 Å². The van der Waals surface area contributed by atoms with Crippen LogP contribution in [-0.2, 0) is 11.2 Å². The van der Waals surface area contributed by atoms with Crippen molar-refractivity contribution in [3.05, 3.63) is 63.6 Å². The van der Waals surface area contributed by atoms with Crippen molar-refractivity contribution in [3.8, 4) is 0 Å². The highest BCUT2D eigenvalue weighted by Gasteiger charge is 2.10. The Morgan fingerprint density at radius 2 is 1.70 bits per heavy atom. The minimum absolute atomic E-state index is 0.130. The van der Waals surface area contributed by atoms with Gasteiger partial charge in [0.1, 0.15) is 0 Å². The van der Waals surface area contributed by atoms with Crippen LogP contribution in [0, 0.1) is 0 Å². The second-order valence-electron chi connectivity index (χ2n) is 4.91. The van der Waals surface area contributed by atoms with E-state index in [-0.39, 0.29) is 18.4 Å². The lowest BCUT2D eigenvalue weighted by atomic mass is 10.1. The summed E-state index contributed by atoms with van der Waals surface area (Å²) in [7, 11) is 0. The van der Waals surface area contributed by atoms with Gasteiger partial charge in [-0.2, -0.15) is 0 Å². The molecule has 0 atom stereocenters. The molecule has 2 aromatic rings. The van der Waals surface area contributed by atoms with E-state index in [2.05, 4.69) is 17.6 Å². The fourth-order valence-electron chi connectivity index (χ4n) is 1.93. The van der Waals surface area contributed by atoms with Gasteiger partial charge in [0.05, 0.1) is 16.6 Å². The number of nitrogens with one attached hydrogen (secondary N) is 2. The van der Waals surface area contributed by atoms with Crippen LogP contribution in [0.5, 0.6) is 0 Å². The quantitative estimate of drug-likeness (QED) is 0.858. The number of carbonyl (C=O) groups excluding carboxylic acids is 2. The van der Waals surface area contributed by atoms with Gasteiger partial charge in [0, 0.05) is 11.3 Å². The van der Waals surface area contributed by atoms with Crippen LogP contribution in [-0.4, -0.2) is 18.4 Å². The zero-order valence-corrected chi connectivity index (χ0v) is 14.0. The van der Waals surface area contributed by atoms with E-state index in [0.29, 0.717) is 21.3 Å². The number of amides is 2. The Balaban J connectivity index is 1.87. The van der Waals surface area contributed by atoms with Crippen molar-refractivity contribution in [2.45, 2.75) is 13.3 Å². The molecule has 0 aliphatic heterocycles. The number of rotatable bonds is 5. The Morgan fingerprint density at radius 3 is 2.30 bits per heavy atom. The van der Waals surface area contributed by atoms with Crippen LogP contribution in [0.2, 0.25) is 10.0 Å². The van der Waals surface area contributed by atoms with Crippen LogP contribution < -0.4 is 10.6 Å². The Kier molecular flexibility index (Phi) is 6.02. The highest BCUT2D eigenvalue weighted by atomic mass is 35.5. The summed E-state index contributed by atoms with van der Waals surface area (Å²) in [6.45, 7) is 1.93. The molecule has 0 radical (unpaired) electrons. The summed E-state index contributed by atoms with van der Waals surface area (Å²) in [5, 5.41) is 5.92. The van der Waals surface area contributed by atoms with Crippen molar-refractivity contribution in [3.63, 3.8) is 0 Å². The highest BCUT2D eigenvalue weighted by Crippen LogP contribution is 2.22. The molecule has 4 nitrogen and oxygen atoms in total. The summed E-state index contributed by atoms with van der Waals surface area (Å²) >= 11 is 11.7. The summed E-state index contributed by atoms with van der Waals surface area (Å²) in [5.74, 6) is -0.692. The minimum atomic E-state index is -0.389. The van der Waals surface area contributed by atoms with Gasteiger partial charge in [-0.3, -0.25) is 9.59 Å². The van der Waals surface area contributed by atoms with Crippen LogP contribution in [0.25, 0.3) is 0 Å². The molecule has 0 saturated carbocycles. The first-order valence-electron chi connectivity index (χ1n) is 7.11. The fraction of sp³-hybridized carbons (Fsp3) is 0.176. The van der Waals surface area contributed by atoms with Gasteiger partial charge >= 0.3 is 0 Å². The third kappa shape index (κ3) is 4.98. The van der Waals surface area contributed by atoms with Crippen molar-refractivity contribution in [2.75, 3.05) is 11.9 Å². The van der Waals surface area contributed by atoms with Crippen molar-refractivity contribution in [1.82, 2.24) is 5.32 Å². The van der Waals surface area contributed by atoms with Gasteiger partial charge in [-0.05, 0) is 42.3 Å². The zero-order chi connectivity index (χ0) is 16.8. The summed E-state index contributed by atoms with van der Waals surface area (Å²) in [6.07, 6.45) is 0.938. The monoisotopic (exact) mass is 350 g/mol. The molecule has 0 unspecified atom stereocenters. The second-order valence-corrected chi connectivity index (χ2v) is 5.72. The molecule has 0 bridgehead atoms. The molecule has 2 N–H and O–H groups in total. The SMILES string of the molecule is CCc1ccc(NC(=O)CNC(=O)c2ccc(Cl)c(Cl)c2)cc1. The smallest absolute Gasteiger partial charge is 0.251 e. The molecule has 0 spiro atoms. The lowest BCUT2D eigenvalue weighted by molar-refractivity contribution is -0.115. The van der Waals surface area contributed by atoms with Gasteiger partial charge in [-0.15, -0.1) is 0 Å². The van der Waals surface area contributed by atoms with Crippen molar-refractivity contribution in [2.24, 2.45) is 0 Å². The molecule has 2 amide bonds. The molecule has 2 aromatic carbocycles. The molecule has 23 heavy (non-hydrogen) atoms. The average Bonchev–Trinajstić information content (AvgIpc) is 2.56. The molecule has 0 saturated heterocycles. The average molecular weight is 351 g/mol. The van der Waals surface area contributed by atoms with Gasteiger partial charge < -0.3 is 10.6 Å². The van der Waals surface area contributed by atoms with Gasteiger partial charge in [-0.25, -0.2) is 0 Å². The van der Waals surface area contributed by atoms with E-state index in [1.165, 1.54) is 17.7 Å². The molecule has 0 aromatic heterocycles. The summed E-state index contributed by atoms with van der Waals surface area (Å²) < 4.78 is 0. The fourth-order valence-corrected chi connectivity index (χ4v) is 2.23. The second kappa shape index (κ2) is 7.99. The molecule has 0 fully saturated rings. The number of aryl methyl sites for hydroxylation is 1. The first-order chi connectivity index (χ1) is 11.0. The predicted octanol–water partition coefficient (Wildman–Crippen LogP) is 3.92. The van der Waals surface area contributed by atoms with E-state index in [9.17, 15) is 9.59 Å². The third-order valence-electron chi connectivity index (χ3n) is 3.24. The number of anilines is 1. The van der Waals surface area contributed by atoms with Gasteiger partial charge in [0.25, 0.3) is 5.91 Å². The van der Waals surface area contributed by atoms with Crippen LogP contribution >= 0.6 is 23.2 Å². The van der Waals surface area contributed by atoms with Crippen molar-refractivity contribution < 1.29 is 9.59 Å². The lowest BCUT2D eigenvalue weighted by Crippen LogP contribution is -2.32. The number of halogens is 2. The minimum Gasteiger partial charge on any atom is -0.343 e. The third-order valence-corrected chi connectivity index (χ3v) is 3.98. The Bertz CT molecular complexity index is 715. The summed E-state index contributed by atoms with van der Waals surface area (Å²) in [5.41, 5.74) is 2.23. The van der Waals surface area contributed by atoms with Gasteiger partial charge in [0.15, 0.2) is 0 Å². The first kappa shape index (κ1) is 17.3. The van der Waals surface area contributed by atoms with E-state index < -0.39 is 0 Å². The standard InChI is InChI=1S/C17H16Cl2N2O2/c1-2-11-3-6-13(7-4-11)21-16(22)10-20-17(23)12-5-8-14(18)15(19)9-12/h3-9H,2,10H2,1H3,(H,20,23)(H,21,22). The number of benzene rings is 2. The molecule has 0 heterocycles.